The molecule has 0 bridgehead atoms. The van der Waals surface area contributed by atoms with Crippen molar-refractivity contribution < 1.29 is 0 Å². The summed E-state index contributed by atoms with van der Waals surface area (Å²) in [5, 5.41) is 6.13. The zero-order valence-corrected chi connectivity index (χ0v) is 14.0. The van der Waals surface area contributed by atoms with Crippen LogP contribution in [-0.2, 0) is 6.54 Å². The van der Waals surface area contributed by atoms with Crippen LogP contribution in [0.15, 0.2) is 72.8 Å². The van der Waals surface area contributed by atoms with Crippen molar-refractivity contribution in [3.63, 3.8) is 0 Å². The third-order valence-corrected chi connectivity index (χ3v) is 4.44. The summed E-state index contributed by atoms with van der Waals surface area (Å²) in [6.07, 6.45) is 0. The Kier molecular flexibility index (Phi) is 3.66. The minimum atomic E-state index is 0.784. The lowest BCUT2D eigenvalue weighted by Gasteiger charge is -2.04. The van der Waals surface area contributed by atoms with Gasteiger partial charge in [0.2, 0.25) is 0 Å². The predicted molar refractivity (Wildman–Crippen MR) is 100 cm³/mol. The molecule has 1 aromatic heterocycles. The van der Waals surface area contributed by atoms with Gasteiger partial charge in [-0.25, -0.2) is 0 Å². The van der Waals surface area contributed by atoms with Crippen LogP contribution in [0.4, 0.5) is 0 Å². The van der Waals surface area contributed by atoms with Crippen molar-refractivity contribution in [1.29, 1.82) is 0 Å². The molecule has 0 saturated carbocycles. The number of hydrogen-bond donors (Lipinski definition) is 0. The molecule has 0 aliphatic carbocycles. The Morgan fingerprint density at radius 1 is 0.750 bits per heavy atom. The summed E-state index contributed by atoms with van der Waals surface area (Å²) in [6, 6.07) is 25.7. The molecule has 3 aromatic carbocycles. The highest BCUT2D eigenvalue weighted by molar-refractivity contribution is 5.93. The third-order valence-electron chi connectivity index (χ3n) is 4.44. The Labute approximate surface area is 142 Å². The summed E-state index contributed by atoms with van der Waals surface area (Å²) < 4.78 is 2.11. The Hall–Kier alpha value is -2.87. The highest BCUT2D eigenvalue weighted by atomic mass is 15.3. The van der Waals surface area contributed by atoms with E-state index < -0.39 is 0 Å². The number of aryl methyl sites for hydroxylation is 2. The van der Waals surface area contributed by atoms with Gasteiger partial charge >= 0.3 is 0 Å². The van der Waals surface area contributed by atoms with Crippen LogP contribution in [0, 0.1) is 13.8 Å². The minimum absolute atomic E-state index is 0.784. The topological polar surface area (TPSA) is 17.8 Å². The molecule has 4 rings (SSSR count). The van der Waals surface area contributed by atoms with Crippen LogP contribution in [-0.4, -0.2) is 9.78 Å². The smallest absolute Gasteiger partial charge is 0.100 e. The van der Waals surface area contributed by atoms with Gasteiger partial charge in [-0.15, -0.1) is 0 Å². The molecule has 0 amide bonds. The maximum Gasteiger partial charge on any atom is 0.100 e. The molecule has 0 N–H and O–H groups in total. The molecule has 0 unspecified atom stereocenters. The van der Waals surface area contributed by atoms with Gasteiger partial charge in [-0.2, -0.15) is 5.10 Å². The summed E-state index contributed by atoms with van der Waals surface area (Å²) in [5.74, 6) is 0. The van der Waals surface area contributed by atoms with Crippen LogP contribution in [0.5, 0.6) is 0 Å². The first-order valence-corrected chi connectivity index (χ1v) is 8.29. The average Bonchev–Trinajstić information content (AvgIpc) is 2.97. The lowest BCUT2D eigenvalue weighted by molar-refractivity contribution is 0.715. The van der Waals surface area contributed by atoms with Crippen molar-refractivity contribution in [2.45, 2.75) is 20.4 Å². The fraction of sp³-hybridized carbons (Fsp3) is 0.136. The zero-order chi connectivity index (χ0) is 16.5. The van der Waals surface area contributed by atoms with Gasteiger partial charge in [0, 0.05) is 10.9 Å². The van der Waals surface area contributed by atoms with Gasteiger partial charge in [0.15, 0.2) is 0 Å². The Morgan fingerprint density at radius 2 is 1.38 bits per heavy atom. The van der Waals surface area contributed by atoms with Crippen LogP contribution in [0.3, 0.4) is 0 Å². The summed E-state index contributed by atoms with van der Waals surface area (Å²) in [5.41, 5.74) is 7.21. The van der Waals surface area contributed by atoms with E-state index in [0.717, 1.165) is 12.2 Å². The van der Waals surface area contributed by atoms with E-state index in [1.807, 2.05) is 0 Å². The standard InChI is InChI=1S/C22H20N2/c1-16-7-11-18(12-8-16)15-24-21-6-4-3-5-20(21)22(23-24)19-13-9-17(2)10-14-19/h3-14H,15H2,1-2H3. The maximum atomic E-state index is 4.92. The second-order valence-corrected chi connectivity index (χ2v) is 6.38. The number of benzene rings is 3. The number of hydrogen-bond acceptors (Lipinski definition) is 1. The molecule has 0 aliphatic rings. The first-order valence-electron chi connectivity index (χ1n) is 8.29. The minimum Gasteiger partial charge on any atom is -0.260 e. The van der Waals surface area contributed by atoms with Crippen molar-refractivity contribution in [2.24, 2.45) is 0 Å². The molecule has 4 aromatic rings. The van der Waals surface area contributed by atoms with Gasteiger partial charge in [0.1, 0.15) is 5.69 Å². The van der Waals surface area contributed by atoms with E-state index in [1.54, 1.807) is 0 Å². The fourth-order valence-corrected chi connectivity index (χ4v) is 3.04. The molecule has 2 nitrogen and oxygen atoms in total. The fourth-order valence-electron chi connectivity index (χ4n) is 3.04. The van der Waals surface area contributed by atoms with E-state index in [-0.39, 0.29) is 0 Å². The van der Waals surface area contributed by atoms with E-state index >= 15 is 0 Å². The van der Waals surface area contributed by atoms with E-state index in [4.69, 9.17) is 5.10 Å². The van der Waals surface area contributed by atoms with E-state index in [1.165, 1.54) is 33.2 Å². The van der Waals surface area contributed by atoms with Gasteiger partial charge in [-0.05, 0) is 25.5 Å². The summed E-state index contributed by atoms with van der Waals surface area (Å²) in [7, 11) is 0. The number of aromatic nitrogens is 2. The van der Waals surface area contributed by atoms with E-state index in [9.17, 15) is 0 Å². The number of nitrogens with zero attached hydrogens (tertiary/aromatic N) is 2. The van der Waals surface area contributed by atoms with Crippen molar-refractivity contribution in [1.82, 2.24) is 9.78 Å². The Bertz CT molecular complexity index is 977. The van der Waals surface area contributed by atoms with E-state index in [2.05, 4.69) is 91.3 Å². The van der Waals surface area contributed by atoms with Gasteiger partial charge in [0.05, 0.1) is 12.1 Å². The normalized spacial score (nSPS) is 11.1. The summed E-state index contributed by atoms with van der Waals surface area (Å²) in [6.45, 7) is 5.01. The molecule has 0 radical (unpaired) electrons. The van der Waals surface area contributed by atoms with Gasteiger partial charge in [-0.3, -0.25) is 4.68 Å². The lowest BCUT2D eigenvalue weighted by atomic mass is 10.1. The first kappa shape index (κ1) is 14.7. The zero-order valence-electron chi connectivity index (χ0n) is 14.0. The van der Waals surface area contributed by atoms with Crippen LogP contribution in [0.1, 0.15) is 16.7 Å². The molecule has 118 valence electrons. The quantitative estimate of drug-likeness (QED) is 0.497. The molecule has 0 spiro atoms. The van der Waals surface area contributed by atoms with Crippen molar-refractivity contribution in [3.05, 3.63) is 89.5 Å². The SMILES string of the molecule is Cc1ccc(Cn2nc(-c3ccc(C)cc3)c3ccccc32)cc1. The van der Waals surface area contributed by atoms with Crippen LogP contribution >= 0.6 is 0 Å². The predicted octanol–water partition coefficient (Wildman–Crippen LogP) is 5.37. The summed E-state index contributed by atoms with van der Waals surface area (Å²) >= 11 is 0. The molecule has 0 atom stereocenters. The van der Waals surface area contributed by atoms with Crippen molar-refractivity contribution in [2.75, 3.05) is 0 Å². The Morgan fingerprint density at radius 3 is 2.08 bits per heavy atom. The molecular weight excluding hydrogens is 292 g/mol. The highest BCUT2D eigenvalue weighted by Gasteiger charge is 2.12. The average molecular weight is 312 g/mol. The molecular formula is C22H20N2. The second-order valence-electron chi connectivity index (χ2n) is 6.38. The number of rotatable bonds is 3. The molecule has 24 heavy (non-hydrogen) atoms. The maximum absolute atomic E-state index is 4.92. The molecule has 2 heteroatoms. The highest BCUT2D eigenvalue weighted by Crippen LogP contribution is 2.28. The van der Waals surface area contributed by atoms with Crippen molar-refractivity contribution >= 4 is 10.9 Å². The second kappa shape index (κ2) is 5.97. The van der Waals surface area contributed by atoms with Gasteiger partial charge < -0.3 is 0 Å². The number of fused-ring (bicyclic) bond motifs is 1. The number of para-hydroxylation sites is 1. The van der Waals surface area contributed by atoms with Crippen molar-refractivity contribution in [3.8, 4) is 11.3 Å². The molecule has 0 saturated heterocycles. The molecule has 0 aliphatic heterocycles. The Balaban J connectivity index is 1.81. The first-order chi connectivity index (χ1) is 11.7. The van der Waals surface area contributed by atoms with Crippen LogP contribution < -0.4 is 0 Å². The lowest BCUT2D eigenvalue weighted by Crippen LogP contribution is -2.01. The van der Waals surface area contributed by atoms with Crippen LogP contribution in [0.25, 0.3) is 22.2 Å². The van der Waals surface area contributed by atoms with Crippen LogP contribution in [0.2, 0.25) is 0 Å². The molecule has 1 heterocycles. The monoisotopic (exact) mass is 312 g/mol. The van der Waals surface area contributed by atoms with E-state index in [0.29, 0.717) is 0 Å². The molecule has 0 fully saturated rings. The van der Waals surface area contributed by atoms with Gasteiger partial charge in [-0.1, -0.05) is 77.9 Å². The van der Waals surface area contributed by atoms with Gasteiger partial charge in [0.25, 0.3) is 0 Å². The summed E-state index contributed by atoms with van der Waals surface area (Å²) in [4.78, 5) is 0. The third kappa shape index (κ3) is 2.71. The largest absolute Gasteiger partial charge is 0.260 e.